The summed E-state index contributed by atoms with van der Waals surface area (Å²) in [5.74, 6) is 0.273. The first-order valence-corrected chi connectivity index (χ1v) is 13.0. The van der Waals surface area contributed by atoms with Gasteiger partial charge in [-0.1, -0.05) is 43.3 Å². The van der Waals surface area contributed by atoms with E-state index in [0.717, 1.165) is 5.56 Å². The summed E-state index contributed by atoms with van der Waals surface area (Å²) < 4.78 is 40.0. The number of hydrogen-bond acceptors (Lipinski definition) is 7. The summed E-state index contributed by atoms with van der Waals surface area (Å²) in [6.45, 7) is 7.48. The molecule has 0 saturated heterocycles. The van der Waals surface area contributed by atoms with Gasteiger partial charge in [0.25, 0.3) is 10.0 Å². The Morgan fingerprint density at radius 2 is 1.89 bits per heavy atom. The third kappa shape index (κ3) is 5.18. The van der Waals surface area contributed by atoms with Crippen LogP contribution in [0.4, 0.5) is 5.88 Å². The minimum Gasteiger partial charge on any atom is -0.445 e. The van der Waals surface area contributed by atoms with Crippen LogP contribution in [0.2, 0.25) is 0 Å². The third-order valence-electron chi connectivity index (χ3n) is 6.15. The van der Waals surface area contributed by atoms with Crippen molar-refractivity contribution in [1.82, 2.24) is 15.5 Å². The summed E-state index contributed by atoms with van der Waals surface area (Å²) >= 11 is 0. The van der Waals surface area contributed by atoms with E-state index in [-0.39, 0.29) is 29.1 Å². The van der Waals surface area contributed by atoms with Gasteiger partial charge in [0.15, 0.2) is 0 Å². The van der Waals surface area contributed by atoms with E-state index in [1.54, 1.807) is 38.2 Å². The first-order chi connectivity index (χ1) is 17.2. The summed E-state index contributed by atoms with van der Waals surface area (Å²) in [7, 11) is -4.02. The molecule has 1 amide bonds. The van der Waals surface area contributed by atoms with E-state index >= 15 is 0 Å². The van der Waals surface area contributed by atoms with Gasteiger partial charge in [0.05, 0.1) is 16.8 Å². The number of nitrogens with zero attached hydrogens (tertiary/aromatic N) is 2. The van der Waals surface area contributed by atoms with Gasteiger partial charge >= 0.3 is 0 Å². The first-order valence-electron chi connectivity index (χ1n) is 11.6. The number of aromatic nitrogens is 2. The largest absolute Gasteiger partial charge is 0.445 e. The van der Waals surface area contributed by atoms with Crippen LogP contribution >= 0.6 is 0 Å². The van der Waals surface area contributed by atoms with Crippen molar-refractivity contribution in [1.29, 1.82) is 0 Å². The van der Waals surface area contributed by atoms with E-state index in [4.69, 9.17) is 8.94 Å². The average molecular weight is 509 g/mol. The molecule has 1 atom stereocenters. The van der Waals surface area contributed by atoms with Crippen LogP contribution in [0.25, 0.3) is 22.6 Å². The Kier molecular flexibility index (Phi) is 7.25. The Balaban J connectivity index is 1.77. The lowest BCUT2D eigenvalue weighted by Crippen LogP contribution is -2.28. The van der Waals surface area contributed by atoms with Gasteiger partial charge in [0.1, 0.15) is 6.26 Å². The first kappa shape index (κ1) is 25.2. The smallest absolute Gasteiger partial charge is 0.264 e. The molecule has 0 spiro atoms. The number of oxazole rings is 1. The van der Waals surface area contributed by atoms with Crippen LogP contribution in [0.1, 0.15) is 37.1 Å². The van der Waals surface area contributed by atoms with Crippen LogP contribution in [-0.4, -0.2) is 24.5 Å². The van der Waals surface area contributed by atoms with Gasteiger partial charge in [-0.2, -0.15) is 0 Å². The van der Waals surface area contributed by atoms with Gasteiger partial charge < -0.3 is 14.3 Å². The molecule has 4 rings (SSSR count). The third-order valence-corrected chi connectivity index (χ3v) is 7.54. The zero-order valence-corrected chi connectivity index (χ0v) is 21.3. The number of carbonyl (C=O) groups excluding carboxylic acids is 1. The fourth-order valence-electron chi connectivity index (χ4n) is 3.65. The number of nitrogens with one attached hydrogen (secondary N) is 2. The van der Waals surface area contributed by atoms with Crippen LogP contribution in [0, 0.1) is 19.8 Å². The SMILES string of the molecule is CCC(C)C(=O)NCc1cc(-c2ncco2)ccc1-c1ccccc1S(=O)(=O)Nc1onc(C)c1C. The molecule has 9 nitrogen and oxygen atoms in total. The quantitative estimate of drug-likeness (QED) is 0.323. The Morgan fingerprint density at radius 3 is 2.56 bits per heavy atom. The molecule has 0 bridgehead atoms. The van der Waals surface area contributed by atoms with E-state index in [1.165, 1.54) is 12.3 Å². The lowest BCUT2D eigenvalue weighted by atomic mass is 9.97. The number of amides is 1. The fourth-order valence-corrected chi connectivity index (χ4v) is 4.92. The van der Waals surface area contributed by atoms with Gasteiger partial charge in [-0.3, -0.25) is 4.79 Å². The number of hydrogen-bond donors (Lipinski definition) is 2. The van der Waals surface area contributed by atoms with Crippen LogP contribution in [-0.2, 0) is 21.4 Å². The number of carbonyl (C=O) groups is 1. The summed E-state index contributed by atoms with van der Waals surface area (Å²) in [6.07, 6.45) is 3.74. The predicted molar refractivity (Wildman–Crippen MR) is 135 cm³/mol. The summed E-state index contributed by atoms with van der Waals surface area (Å²) in [6, 6.07) is 12.1. The van der Waals surface area contributed by atoms with E-state index in [0.29, 0.717) is 40.3 Å². The molecular weight excluding hydrogens is 480 g/mol. The second-order valence-electron chi connectivity index (χ2n) is 8.56. The molecule has 0 fully saturated rings. The molecule has 2 N–H and O–H groups in total. The van der Waals surface area contributed by atoms with Crippen molar-refractivity contribution in [3.05, 3.63) is 71.7 Å². The lowest BCUT2D eigenvalue weighted by molar-refractivity contribution is -0.124. The zero-order valence-electron chi connectivity index (χ0n) is 20.5. The molecule has 0 aliphatic heterocycles. The molecule has 1 unspecified atom stereocenters. The zero-order chi connectivity index (χ0) is 25.9. The van der Waals surface area contributed by atoms with Crippen LogP contribution in [0.5, 0.6) is 0 Å². The Hall–Kier alpha value is -3.92. The lowest BCUT2D eigenvalue weighted by Gasteiger charge is -2.17. The highest BCUT2D eigenvalue weighted by molar-refractivity contribution is 7.92. The van der Waals surface area contributed by atoms with Crippen LogP contribution < -0.4 is 10.0 Å². The second kappa shape index (κ2) is 10.4. The molecule has 36 heavy (non-hydrogen) atoms. The number of rotatable bonds is 9. The predicted octanol–water partition coefficient (Wildman–Crippen LogP) is 5.08. The highest BCUT2D eigenvalue weighted by Crippen LogP contribution is 2.34. The highest BCUT2D eigenvalue weighted by Gasteiger charge is 2.24. The molecule has 188 valence electrons. The van der Waals surface area contributed by atoms with Gasteiger partial charge in [-0.15, -0.1) is 0 Å². The van der Waals surface area contributed by atoms with Crippen molar-refractivity contribution in [2.45, 2.75) is 45.6 Å². The number of sulfonamides is 1. The van der Waals surface area contributed by atoms with Crippen molar-refractivity contribution >= 4 is 21.8 Å². The maximum absolute atomic E-state index is 13.4. The molecular formula is C26H28N4O5S. The second-order valence-corrected chi connectivity index (χ2v) is 10.2. The van der Waals surface area contributed by atoms with Crippen LogP contribution in [0.15, 0.2) is 68.8 Å². The molecule has 0 saturated carbocycles. The Labute approximate surface area is 210 Å². The average Bonchev–Trinajstić information content (AvgIpc) is 3.53. The monoisotopic (exact) mass is 508 g/mol. The minimum absolute atomic E-state index is 0.0665. The van der Waals surface area contributed by atoms with Crippen LogP contribution in [0.3, 0.4) is 0 Å². The molecule has 0 aliphatic rings. The maximum Gasteiger partial charge on any atom is 0.264 e. The van der Waals surface area contributed by atoms with Gasteiger partial charge in [0, 0.05) is 29.2 Å². The topological polar surface area (TPSA) is 127 Å². The number of aryl methyl sites for hydroxylation is 1. The molecule has 2 aromatic heterocycles. The number of anilines is 1. The van der Waals surface area contributed by atoms with Crippen molar-refractivity contribution in [2.75, 3.05) is 4.72 Å². The van der Waals surface area contributed by atoms with E-state index in [1.807, 2.05) is 32.0 Å². The van der Waals surface area contributed by atoms with Crippen molar-refractivity contribution in [2.24, 2.45) is 5.92 Å². The maximum atomic E-state index is 13.4. The van der Waals surface area contributed by atoms with Gasteiger partial charge in [0.2, 0.25) is 17.7 Å². The molecule has 0 aliphatic carbocycles. The van der Waals surface area contributed by atoms with E-state index in [9.17, 15) is 13.2 Å². The van der Waals surface area contributed by atoms with Crippen molar-refractivity contribution < 1.29 is 22.2 Å². The molecule has 2 aromatic carbocycles. The molecule has 10 heteroatoms. The molecule has 4 aromatic rings. The van der Waals surface area contributed by atoms with Gasteiger partial charge in [-0.05, 0) is 49.6 Å². The van der Waals surface area contributed by atoms with Crippen molar-refractivity contribution in [3.63, 3.8) is 0 Å². The summed E-state index contributed by atoms with van der Waals surface area (Å²) in [5, 5.41) is 6.79. The van der Waals surface area contributed by atoms with Crippen molar-refractivity contribution in [3.8, 4) is 22.6 Å². The minimum atomic E-state index is -4.02. The molecule has 0 radical (unpaired) electrons. The molecule has 2 heterocycles. The highest BCUT2D eigenvalue weighted by atomic mass is 32.2. The fraction of sp³-hybridized carbons (Fsp3) is 0.269. The van der Waals surface area contributed by atoms with E-state index in [2.05, 4.69) is 20.2 Å². The Morgan fingerprint density at radius 1 is 1.11 bits per heavy atom. The summed E-state index contributed by atoms with van der Waals surface area (Å²) in [4.78, 5) is 16.8. The number of benzene rings is 2. The normalized spacial score (nSPS) is 12.3. The summed E-state index contributed by atoms with van der Waals surface area (Å²) in [5.41, 5.74) is 3.77. The standard InChI is InChI=1S/C26H28N4O5S/c1-5-16(2)24(31)28-15-20-14-19(26-27-12-13-34-26)10-11-21(20)22-8-6-7-9-23(22)36(32,33)30-25-17(3)18(4)29-35-25/h6-14,16,30H,5,15H2,1-4H3,(H,28,31). The van der Waals surface area contributed by atoms with E-state index < -0.39 is 10.0 Å². The van der Waals surface area contributed by atoms with Gasteiger partial charge in [-0.25, -0.2) is 18.1 Å². The Bertz CT molecular complexity index is 1480.